The summed E-state index contributed by atoms with van der Waals surface area (Å²) in [6.07, 6.45) is 0. The Morgan fingerprint density at radius 2 is 1.81 bits per heavy atom. The van der Waals surface area contributed by atoms with Crippen molar-refractivity contribution in [3.05, 3.63) is 57.6 Å². The summed E-state index contributed by atoms with van der Waals surface area (Å²) >= 11 is 11.9. The second-order valence-corrected chi connectivity index (χ2v) is 6.29. The number of carbonyl (C=O) groups excluding carboxylic acids is 2. The molecular formula is C18H15Cl2NO5. The lowest BCUT2D eigenvalue weighted by molar-refractivity contribution is -0.124. The van der Waals surface area contributed by atoms with Crippen molar-refractivity contribution >= 4 is 35.1 Å². The van der Waals surface area contributed by atoms with E-state index in [1.54, 1.807) is 30.3 Å². The number of fused-ring (bicyclic) bond motifs is 1. The Morgan fingerprint density at radius 1 is 1.04 bits per heavy atom. The predicted octanol–water partition coefficient (Wildman–Crippen LogP) is 3.24. The van der Waals surface area contributed by atoms with Gasteiger partial charge in [0.05, 0.1) is 5.56 Å². The number of esters is 1. The van der Waals surface area contributed by atoms with Crippen LogP contribution >= 0.6 is 23.2 Å². The van der Waals surface area contributed by atoms with Crippen LogP contribution in [-0.4, -0.2) is 31.7 Å². The van der Waals surface area contributed by atoms with Crippen molar-refractivity contribution in [3.8, 4) is 11.5 Å². The van der Waals surface area contributed by atoms with Crippen LogP contribution in [0.3, 0.4) is 0 Å². The fraction of sp³-hybridized carbons (Fsp3) is 0.222. The minimum atomic E-state index is -0.623. The lowest BCUT2D eigenvalue weighted by Crippen LogP contribution is -2.28. The standard InChI is InChI=1S/C18H15Cl2NO5/c19-13-3-1-12(14(20)8-13)9-21-17(22)10-26-18(23)11-2-4-15-16(7-11)25-6-5-24-15/h1-4,7-8H,5-6,9-10H2,(H,21,22). The smallest absolute Gasteiger partial charge is 0.338 e. The summed E-state index contributed by atoms with van der Waals surface area (Å²) in [6, 6.07) is 9.70. The van der Waals surface area contributed by atoms with E-state index in [0.29, 0.717) is 40.3 Å². The molecule has 0 fully saturated rings. The molecule has 3 rings (SSSR count). The highest BCUT2D eigenvalue weighted by Crippen LogP contribution is 2.30. The number of amides is 1. The first-order valence-electron chi connectivity index (χ1n) is 7.80. The molecule has 6 nitrogen and oxygen atoms in total. The Morgan fingerprint density at radius 3 is 2.58 bits per heavy atom. The highest BCUT2D eigenvalue weighted by Gasteiger charge is 2.16. The van der Waals surface area contributed by atoms with Gasteiger partial charge in [-0.1, -0.05) is 29.3 Å². The summed E-state index contributed by atoms with van der Waals surface area (Å²) in [7, 11) is 0. The van der Waals surface area contributed by atoms with Crippen molar-refractivity contribution in [2.24, 2.45) is 0 Å². The summed E-state index contributed by atoms with van der Waals surface area (Å²) in [6.45, 7) is 0.685. The maximum Gasteiger partial charge on any atom is 0.338 e. The van der Waals surface area contributed by atoms with Crippen LogP contribution in [0, 0.1) is 0 Å². The van der Waals surface area contributed by atoms with E-state index in [9.17, 15) is 9.59 Å². The molecule has 26 heavy (non-hydrogen) atoms. The third-order valence-corrected chi connectivity index (χ3v) is 4.19. The third-order valence-electron chi connectivity index (χ3n) is 3.60. The molecule has 1 N–H and O–H groups in total. The van der Waals surface area contributed by atoms with Crippen LogP contribution in [0.4, 0.5) is 0 Å². The number of nitrogens with one attached hydrogen (secondary N) is 1. The topological polar surface area (TPSA) is 73.9 Å². The highest BCUT2D eigenvalue weighted by molar-refractivity contribution is 6.35. The van der Waals surface area contributed by atoms with Crippen LogP contribution in [-0.2, 0) is 16.1 Å². The van der Waals surface area contributed by atoms with E-state index in [1.807, 2.05) is 0 Å². The molecule has 0 atom stereocenters. The number of hydrogen-bond acceptors (Lipinski definition) is 5. The molecule has 0 unspecified atom stereocenters. The lowest BCUT2D eigenvalue weighted by Gasteiger charge is -2.18. The summed E-state index contributed by atoms with van der Waals surface area (Å²) in [5.41, 5.74) is 0.991. The van der Waals surface area contributed by atoms with Gasteiger partial charge in [-0.2, -0.15) is 0 Å². The van der Waals surface area contributed by atoms with Crippen LogP contribution in [0.15, 0.2) is 36.4 Å². The third kappa shape index (κ3) is 4.59. The van der Waals surface area contributed by atoms with E-state index in [1.165, 1.54) is 6.07 Å². The molecule has 0 bridgehead atoms. The Hall–Kier alpha value is -2.44. The van der Waals surface area contributed by atoms with Gasteiger partial charge in [0.25, 0.3) is 5.91 Å². The Balaban J connectivity index is 1.50. The molecule has 136 valence electrons. The van der Waals surface area contributed by atoms with Crippen molar-refractivity contribution in [2.75, 3.05) is 19.8 Å². The van der Waals surface area contributed by atoms with Crippen molar-refractivity contribution in [3.63, 3.8) is 0 Å². The monoisotopic (exact) mass is 395 g/mol. The fourth-order valence-corrected chi connectivity index (χ4v) is 2.77. The molecule has 1 amide bonds. The molecule has 1 heterocycles. The lowest BCUT2D eigenvalue weighted by atomic mass is 10.2. The van der Waals surface area contributed by atoms with E-state index in [-0.39, 0.29) is 12.1 Å². The molecule has 2 aromatic carbocycles. The molecule has 0 saturated carbocycles. The van der Waals surface area contributed by atoms with Crippen LogP contribution in [0.25, 0.3) is 0 Å². The first-order chi connectivity index (χ1) is 12.5. The Labute approximate surface area is 159 Å². The second-order valence-electron chi connectivity index (χ2n) is 5.45. The number of hydrogen-bond donors (Lipinski definition) is 1. The molecular weight excluding hydrogens is 381 g/mol. The van der Waals surface area contributed by atoms with Gasteiger partial charge < -0.3 is 19.5 Å². The fourth-order valence-electron chi connectivity index (χ4n) is 2.29. The molecule has 0 aromatic heterocycles. The van der Waals surface area contributed by atoms with Crippen molar-refractivity contribution < 1.29 is 23.8 Å². The summed E-state index contributed by atoms with van der Waals surface area (Å²) in [5, 5.41) is 3.59. The van der Waals surface area contributed by atoms with Gasteiger partial charge in [-0.05, 0) is 35.9 Å². The minimum Gasteiger partial charge on any atom is -0.486 e. The number of carbonyl (C=O) groups is 2. The Bertz CT molecular complexity index is 840. The largest absolute Gasteiger partial charge is 0.486 e. The van der Waals surface area contributed by atoms with Gasteiger partial charge in [0, 0.05) is 16.6 Å². The number of benzene rings is 2. The van der Waals surface area contributed by atoms with Gasteiger partial charge in [-0.15, -0.1) is 0 Å². The maximum atomic E-state index is 12.1. The molecule has 0 saturated heterocycles. The van der Waals surface area contributed by atoms with Crippen LogP contribution in [0.1, 0.15) is 15.9 Å². The van der Waals surface area contributed by atoms with E-state index in [0.717, 1.165) is 0 Å². The van der Waals surface area contributed by atoms with Gasteiger partial charge in [0.15, 0.2) is 18.1 Å². The van der Waals surface area contributed by atoms with E-state index in [2.05, 4.69) is 5.32 Å². The van der Waals surface area contributed by atoms with Crippen molar-refractivity contribution in [2.45, 2.75) is 6.54 Å². The SMILES string of the molecule is O=C(COC(=O)c1ccc2c(c1)OCCO2)NCc1ccc(Cl)cc1Cl. The van der Waals surface area contributed by atoms with Gasteiger partial charge in [-0.25, -0.2) is 4.79 Å². The van der Waals surface area contributed by atoms with Crippen LogP contribution in [0.5, 0.6) is 11.5 Å². The molecule has 0 radical (unpaired) electrons. The number of halogens is 2. The van der Waals surface area contributed by atoms with Gasteiger partial charge >= 0.3 is 5.97 Å². The summed E-state index contributed by atoms with van der Waals surface area (Å²) in [5.74, 6) is -0.0125. The van der Waals surface area contributed by atoms with Gasteiger partial charge in [0.1, 0.15) is 13.2 Å². The van der Waals surface area contributed by atoms with Crippen LogP contribution in [0.2, 0.25) is 10.0 Å². The van der Waals surface area contributed by atoms with E-state index in [4.69, 9.17) is 37.4 Å². The Kier molecular flexibility index (Phi) is 5.85. The minimum absolute atomic E-state index is 0.205. The molecule has 0 aliphatic carbocycles. The zero-order chi connectivity index (χ0) is 18.5. The first kappa shape index (κ1) is 18.4. The highest BCUT2D eigenvalue weighted by atomic mass is 35.5. The average molecular weight is 396 g/mol. The van der Waals surface area contributed by atoms with E-state index >= 15 is 0 Å². The number of rotatable bonds is 5. The average Bonchev–Trinajstić information content (AvgIpc) is 2.65. The zero-order valence-electron chi connectivity index (χ0n) is 13.6. The van der Waals surface area contributed by atoms with E-state index < -0.39 is 18.5 Å². The first-order valence-corrected chi connectivity index (χ1v) is 8.56. The molecule has 0 spiro atoms. The molecule has 2 aromatic rings. The summed E-state index contributed by atoms with van der Waals surface area (Å²) < 4.78 is 15.8. The zero-order valence-corrected chi connectivity index (χ0v) is 15.1. The van der Waals surface area contributed by atoms with Crippen molar-refractivity contribution in [1.29, 1.82) is 0 Å². The van der Waals surface area contributed by atoms with Crippen molar-refractivity contribution in [1.82, 2.24) is 5.32 Å². The molecule has 8 heteroatoms. The molecule has 1 aliphatic rings. The van der Waals surface area contributed by atoms with Crippen LogP contribution < -0.4 is 14.8 Å². The maximum absolute atomic E-state index is 12.1. The quantitative estimate of drug-likeness (QED) is 0.786. The summed E-state index contributed by atoms with van der Waals surface area (Å²) in [4.78, 5) is 23.9. The predicted molar refractivity (Wildman–Crippen MR) is 96.0 cm³/mol. The normalized spacial score (nSPS) is 12.4. The second kappa shape index (κ2) is 8.29. The number of ether oxygens (including phenoxy) is 3. The van der Waals surface area contributed by atoms with Gasteiger partial charge in [-0.3, -0.25) is 4.79 Å². The molecule has 1 aliphatic heterocycles. The van der Waals surface area contributed by atoms with Gasteiger partial charge in [0.2, 0.25) is 0 Å².